The van der Waals surface area contributed by atoms with Gasteiger partial charge in [-0.2, -0.15) is 0 Å². The monoisotopic (exact) mass is 436 g/mol. The van der Waals surface area contributed by atoms with Crippen LogP contribution in [-0.2, 0) is 16.1 Å². The molecule has 2 rings (SSSR count). The Hall–Kier alpha value is -2.54. The molecule has 0 saturated carbocycles. The van der Waals surface area contributed by atoms with Crippen molar-refractivity contribution >= 4 is 33.8 Å². The maximum atomic E-state index is 13.7. The van der Waals surface area contributed by atoms with Gasteiger partial charge in [-0.1, -0.05) is 28.1 Å². The summed E-state index contributed by atoms with van der Waals surface area (Å²) in [5.41, 5.74) is 1.03. The number of nitrogens with zero attached hydrogens (tertiary/aromatic N) is 1. The van der Waals surface area contributed by atoms with Crippen molar-refractivity contribution in [1.82, 2.24) is 10.2 Å². The van der Waals surface area contributed by atoms with Crippen LogP contribution in [0.4, 0.5) is 8.78 Å². The lowest BCUT2D eigenvalue weighted by Gasteiger charge is -2.18. The van der Waals surface area contributed by atoms with Crippen LogP contribution in [-0.4, -0.2) is 29.8 Å². The summed E-state index contributed by atoms with van der Waals surface area (Å²) in [5.74, 6) is -1.52. The third kappa shape index (κ3) is 6.60. The van der Waals surface area contributed by atoms with E-state index in [1.165, 1.54) is 35.3 Å². The number of amides is 2. The third-order valence-corrected chi connectivity index (χ3v) is 4.29. The lowest BCUT2D eigenvalue weighted by atomic mass is 10.2. The summed E-state index contributed by atoms with van der Waals surface area (Å²) < 4.78 is 27.3. The average Bonchev–Trinajstić information content (AvgIpc) is 2.66. The number of benzene rings is 2. The van der Waals surface area contributed by atoms with E-state index in [9.17, 15) is 18.4 Å². The predicted molar refractivity (Wildman–Crippen MR) is 104 cm³/mol. The molecule has 0 aliphatic carbocycles. The molecule has 2 aromatic carbocycles. The molecule has 0 aromatic heterocycles. The molecule has 0 bridgehead atoms. The summed E-state index contributed by atoms with van der Waals surface area (Å²) in [6.07, 6.45) is 2.61. The quantitative estimate of drug-likeness (QED) is 0.668. The summed E-state index contributed by atoms with van der Waals surface area (Å²) in [6, 6.07) is 10.2. The largest absolute Gasteiger partial charge is 0.350 e. The van der Waals surface area contributed by atoms with Crippen molar-refractivity contribution in [3.8, 4) is 0 Å². The molecule has 27 heavy (non-hydrogen) atoms. The molecular weight excluding hydrogens is 418 g/mol. The van der Waals surface area contributed by atoms with Crippen LogP contribution in [0.5, 0.6) is 0 Å². The first-order valence-electron chi connectivity index (χ1n) is 8.32. The van der Waals surface area contributed by atoms with E-state index >= 15 is 0 Å². The fraction of sp³-hybridized carbons (Fsp3) is 0.200. The van der Waals surface area contributed by atoms with Gasteiger partial charge in [0.05, 0.1) is 6.54 Å². The number of nitrogens with one attached hydrogen (secondary N) is 1. The van der Waals surface area contributed by atoms with E-state index in [1.54, 1.807) is 31.2 Å². The fourth-order valence-corrected chi connectivity index (χ4v) is 2.67. The molecule has 142 valence electrons. The molecule has 1 N–H and O–H groups in total. The normalized spacial score (nSPS) is 10.8. The number of rotatable bonds is 7. The Kier molecular flexibility index (Phi) is 7.67. The highest BCUT2D eigenvalue weighted by molar-refractivity contribution is 9.10. The second-order valence-corrected chi connectivity index (χ2v) is 6.67. The van der Waals surface area contributed by atoms with Crippen LogP contribution in [0.2, 0.25) is 0 Å². The van der Waals surface area contributed by atoms with E-state index in [2.05, 4.69) is 21.2 Å². The van der Waals surface area contributed by atoms with Gasteiger partial charge in [0, 0.05) is 29.2 Å². The van der Waals surface area contributed by atoms with E-state index in [0.29, 0.717) is 11.0 Å². The minimum Gasteiger partial charge on any atom is -0.350 e. The van der Waals surface area contributed by atoms with Crippen molar-refractivity contribution in [2.75, 3.05) is 13.1 Å². The van der Waals surface area contributed by atoms with E-state index in [0.717, 1.165) is 5.56 Å². The number of likely N-dealkylation sites (N-methyl/N-ethyl adjacent to an activating group) is 1. The van der Waals surface area contributed by atoms with Gasteiger partial charge in [0.2, 0.25) is 11.8 Å². The Morgan fingerprint density at radius 3 is 2.52 bits per heavy atom. The number of halogens is 3. The van der Waals surface area contributed by atoms with Crippen LogP contribution >= 0.6 is 15.9 Å². The van der Waals surface area contributed by atoms with Crippen LogP contribution in [0, 0.1) is 11.6 Å². The Labute approximate surface area is 165 Å². The van der Waals surface area contributed by atoms with E-state index in [4.69, 9.17) is 0 Å². The Bertz CT molecular complexity index is 838. The minimum absolute atomic E-state index is 0.123. The first-order chi connectivity index (χ1) is 12.9. The predicted octanol–water partition coefficient (Wildman–Crippen LogP) is 3.91. The first-order valence-corrected chi connectivity index (χ1v) is 9.11. The molecule has 0 heterocycles. The van der Waals surface area contributed by atoms with Crippen LogP contribution in [0.15, 0.2) is 53.0 Å². The van der Waals surface area contributed by atoms with Crippen molar-refractivity contribution in [1.29, 1.82) is 0 Å². The molecule has 0 fully saturated rings. The van der Waals surface area contributed by atoms with E-state index in [-0.39, 0.29) is 30.4 Å². The van der Waals surface area contributed by atoms with Gasteiger partial charge >= 0.3 is 0 Å². The topological polar surface area (TPSA) is 49.4 Å². The number of hydrogen-bond acceptors (Lipinski definition) is 2. The third-order valence-electron chi connectivity index (χ3n) is 3.79. The zero-order chi connectivity index (χ0) is 19.8. The second-order valence-electron chi connectivity index (χ2n) is 5.75. The first kappa shape index (κ1) is 20.8. The van der Waals surface area contributed by atoms with Gasteiger partial charge < -0.3 is 10.2 Å². The van der Waals surface area contributed by atoms with Crippen LogP contribution < -0.4 is 5.32 Å². The van der Waals surface area contributed by atoms with Gasteiger partial charge in [-0.25, -0.2) is 8.78 Å². The van der Waals surface area contributed by atoms with E-state index in [1.807, 2.05) is 0 Å². The smallest absolute Gasteiger partial charge is 0.247 e. The molecule has 2 aromatic rings. The van der Waals surface area contributed by atoms with Crippen molar-refractivity contribution in [3.63, 3.8) is 0 Å². The summed E-state index contributed by atoms with van der Waals surface area (Å²) >= 11 is 3.25. The molecule has 0 unspecified atom stereocenters. The molecule has 7 heteroatoms. The summed E-state index contributed by atoms with van der Waals surface area (Å²) in [7, 11) is 0. The highest BCUT2D eigenvalue weighted by atomic mass is 79.9. The zero-order valence-electron chi connectivity index (χ0n) is 14.7. The van der Waals surface area contributed by atoms with Gasteiger partial charge in [-0.3, -0.25) is 9.59 Å². The molecule has 0 saturated heterocycles. The highest BCUT2D eigenvalue weighted by Gasteiger charge is 2.13. The SMILES string of the molecule is CCN(CC(=O)NCc1ccc(F)cc1)C(=O)/C=C/c1cc(Br)ccc1F. The van der Waals surface area contributed by atoms with Gasteiger partial charge in [0.15, 0.2) is 0 Å². The fourth-order valence-electron chi connectivity index (χ4n) is 2.29. The molecular formula is C20H19BrF2N2O2. The van der Waals surface area contributed by atoms with Crippen molar-refractivity contribution in [2.45, 2.75) is 13.5 Å². The highest BCUT2D eigenvalue weighted by Crippen LogP contribution is 2.16. The van der Waals surface area contributed by atoms with Gasteiger partial charge in [0.1, 0.15) is 11.6 Å². The zero-order valence-corrected chi connectivity index (χ0v) is 16.3. The standard InChI is InChI=1S/C20H19BrF2N2O2/c1-2-25(13-19(26)24-12-14-3-7-17(22)8-4-14)20(27)10-5-15-11-16(21)6-9-18(15)23/h3-11H,2,12-13H2,1H3,(H,24,26)/b10-5+. The summed E-state index contributed by atoms with van der Waals surface area (Å²) in [6.45, 7) is 2.19. The van der Waals surface area contributed by atoms with Crippen molar-refractivity contribution in [3.05, 3.63) is 75.8 Å². The lowest BCUT2D eigenvalue weighted by molar-refractivity contribution is -0.132. The summed E-state index contributed by atoms with van der Waals surface area (Å²) in [4.78, 5) is 25.7. The van der Waals surface area contributed by atoms with Crippen molar-refractivity contribution in [2.24, 2.45) is 0 Å². The molecule has 0 spiro atoms. The van der Waals surface area contributed by atoms with Crippen LogP contribution in [0.3, 0.4) is 0 Å². The molecule has 0 aliphatic rings. The van der Waals surface area contributed by atoms with Crippen LogP contribution in [0.1, 0.15) is 18.1 Å². The maximum absolute atomic E-state index is 13.7. The number of carbonyl (C=O) groups is 2. The summed E-state index contributed by atoms with van der Waals surface area (Å²) in [5, 5.41) is 2.68. The van der Waals surface area contributed by atoms with Crippen LogP contribution in [0.25, 0.3) is 6.08 Å². The van der Waals surface area contributed by atoms with E-state index < -0.39 is 11.7 Å². The minimum atomic E-state index is -0.442. The molecule has 4 nitrogen and oxygen atoms in total. The maximum Gasteiger partial charge on any atom is 0.247 e. The van der Waals surface area contributed by atoms with Gasteiger partial charge in [-0.05, 0) is 48.9 Å². The average molecular weight is 437 g/mol. The van der Waals surface area contributed by atoms with Gasteiger partial charge in [0.25, 0.3) is 0 Å². The Morgan fingerprint density at radius 1 is 1.15 bits per heavy atom. The van der Waals surface area contributed by atoms with Gasteiger partial charge in [-0.15, -0.1) is 0 Å². The lowest BCUT2D eigenvalue weighted by Crippen LogP contribution is -2.39. The number of carbonyl (C=O) groups excluding carboxylic acids is 2. The number of hydrogen-bond donors (Lipinski definition) is 1. The second kappa shape index (κ2) is 9.97. The Balaban J connectivity index is 1.91. The Morgan fingerprint density at radius 2 is 1.85 bits per heavy atom. The molecule has 0 aliphatic heterocycles. The molecule has 2 amide bonds. The molecule has 0 atom stereocenters. The van der Waals surface area contributed by atoms with Crippen molar-refractivity contribution < 1.29 is 18.4 Å². The molecule has 0 radical (unpaired) electrons.